The number of hydrogen-bond acceptors (Lipinski definition) is 2. The Morgan fingerprint density at radius 2 is 2.18 bits per heavy atom. The van der Waals surface area contributed by atoms with Crippen LogP contribution in [0.3, 0.4) is 0 Å². The highest BCUT2D eigenvalue weighted by molar-refractivity contribution is 6.06. The number of carbonyl (C=O) groups excluding carboxylic acids is 2. The van der Waals surface area contributed by atoms with E-state index in [1.54, 1.807) is 4.90 Å². The maximum atomic E-state index is 12.2. The predicted molar refractivity (Wildman–Crippen MR) is 65.8 cm³/mol. The van der Waals surface area contributed by atoms with E-state index in [0.717, 1.165) is 16.8 Å². The van der Waals surface area contributed by atoms with Crippen molar-refractivity contribution in [2.75, 3.05) is 11.4 Å². The zero-order valence-corrected chi connectivity index (χ0v) is 10.3. The second-order valence-corrected chi connectivity index (χ2v) is 4.23. The van der Waals surface area contributed by atoms with Crippen molar-refractivity contribution >= 4 is 17.5 Å². The number of hydrogen-bond donors (Lipinski definition) is 1. The quantitative estimate of drug-likeness (QED) is 0.840. The van der Waals surface area contributed by atoms with Gasteiger partial charge < -0.3 is 10.2 Å². The van der Waals surface area contributed by atoms with E-state index in [1.165, 1.54) is 6.92 Å². The summed E-state index contributed by atoms with van der Waals surface area (Å²) in [5.41, 5.74) is 2.90. The molecule has 0 saturated heterocycles. The first-order valence-corrected chi connectivity index (χ1v) is 5.74. The Morgan fingerprint density at radius 3 is 2.76 bits per heavy atom. The van der Waals surface area contributed by atoms with Gasteiger partial charge >= 0.3 is 0 Å². The van der Waals surface area contributed by atoms with Crippen LogP contribution in [0, 0.1) is 6.92 Å². The normalized spacial score (nSPS) is 18.2. The minimum absolute atomic E-state index is 0.0491. The van der Waals surface area contributed by atoms with Crippen LogP contribution < -0.4 is 10.2 Å². The lowest BCUT2D eigenvalue weighted by Gasteiger charge is -2.16. The summed E-state index contributed by atoms with van der Waals surface area (Å²) in [6, 6.07) is 5.26. The van der Waals surface area contributed by atoms with Crippen LogP contribution in [0.25, 0.3) is 0 Å². The monoisotopic (exact) mass is 232 g/mol. The molecule has 90 valence electrons. The Balaban J connectivity index is 2.50. The van der Waals surface area contributed by atoms with Crippen molar-refractivity contribution in [3.05, 3.63) is 29.3 Å². The third-order valence-corrected chi connectivity index (χ3v) is 3.03. The van der Waals surface area contributed by atoms with Crippen molar-refractivity contribution in [2.24, 2.45) is 0 Å². The maximum absolute atomic E-state index is 12.2. The fourth-order valence-electron chi connectivity index (χ4n) is 2.34. The van der Waals surface area contributed by atoms with Crippen molar-refractivity contribution in [2.45, 2.75) is 26.8 Å². The highest BCUT2D eigenvalue weighted by Gasteiger charge is 2.37. The molecule has 0 spiro atoms. The molecule has 2 amide bonds. The summed E-state index contributed by atoms with van der Waals surface area (Å²) in [7, 11) is 0. The molecule has 1 aliphatic rings. The summed E-state index contributed by atoms with van der Waals surface area (Å²) in [5, 5.41) is 2.71. The van der Waals surface area contributed by atoms with Crippen molar-refractivity contribution in [3.8, 4) is 0 Å². The van der Waals surface area contributed by atoms with E-state index in [4.69, 9.17) is 0 Å². The van der Waals surface area contributed by atoms with Crippen molar-refractivity contribution in [1.82, 2.24) is 5.32 Å². The summed E-state index contributed by atoms with van der Waals surface area (Å²) < 4.78 is 0. The van der Waals surface area contributed by atoms with Gasteiger partial charge in [0, 0.05) is 19.0 Å². The Kier molecular flexibility index (Phi) is 2.88. The first-order valence-electron chi connectivity index (χ1n) is 5.74. The molecule has 0 unspecified atom stereocenters. The highest BCUT2D eigenvalue weighted by Crippen LogP contribution is 2.37. The molecule has 1 aromatic carbocycles. The number of nitrogens with zero attached hydrogens (tertiary/aromatic N) is 1. The second-order valence-electron chi connectivity index (χ2n) is 4.23. The molecular weight excluding hydrogens is 216 g/mol. The Labute approximate surface area is 101 Å². The smallest absolute Gasteiger partial charge is 0.254 e. The lowest BCUT2D eigenvalue weighted by molar-refractivity contribution is -0.126. The van der Waals surface area contributed by atoms with Gasteiger partial charge in [0.25, 0.3) is 5.91 Å². The van der Waals surface area contributed by atoms with Gasteiger partial charge in [0.05, 0.1) is 5.69 Å². The third kappa shape index (κ3) is 1.79. The maximum Gasteiger partial charge on any atom is 0.254 e. The molecule has 1 heterocycles. The molecule has 2 rings (SSSR count). The number of carbonyl (C=O) groups is 2. The van der Waals surface area contributed by atoms with E-state index >= 15 is 0 Å². The number of nitrogens with one attached hydrogen (secondary N) is 1. The highest BCUT2D eigenvalue weighted by atomic mass is 16.2. The molecule has 4 nitrogen and oxygen atoms in total. The molecule has 4 heteroatoms. The van der Waals surface area contributed by atoms with E-state index in [1.807, 2.05) is 32.0 Å². The van der Waals surface area contributed by atoms with Crippen LogP contribution in [0.2, 0.25) is 0 Å². The van der Waals surface area contributed by atoms with E-state index in [-0.39, 0.29) is 11.8 Å². The largest absolute Gasteiger partial charge is 0.341 e. The molecule has 0 fully saturated rings. The number of para-hydroxylation sites is 1. The SMILES string of the molecule is CCN1C(=O)[C@H](NC(C)=O)c2cccc(C)c21. The molecule has 17 heavy (non-hydrogen) atoms. The van der Waals surface area contributed by atoms with Crippen LogP contribution in [0.1, 0.15) is 31.0 Å². The summed E-state index contributed by atoms with van der Waals surface area (Å²) in [6.45, 7) is 5.96. The number of likely N-dealkylation sites (N-methyl/N-ethyl adjacent to an activating group) is 1. The summed E-state index contributed by atoms with van der Waals surface area (Å²) in [6.07, 6.45) is 0. The first-order chi connectivity index (χ1) is 8.06. The van der Waals surface area contributed by atoms with Crippen molar-refractivity contribution in [1.29, 1.82) is 0 Å². The van der Waals surface area contributed by atoms with Crippen molar-refractivity contribution in [3.63, 3.8) is 0 Å². The number of amides is 2. The number of aryl methyl sites for hydroxylation is 1. The molecule has 1 N–H and O–H groups in total. The Hall–Kier alpha value is -1.84. The Bertz CT molecular complexity index is 482. The average molecular weight is 232 g/mol. The van der Waals surface area contributed by atoms with Gasteiger partial charge in [-0.25, -0.2) is 0 Å². The van der Waals surface area contributed by atoms with Gasteiger partial charge in [0.1, 0.15) is 6.04 Å². The molecule has 0 aliphatic carbocycles. The van der Waals surface area contributed by atoms with E-state index in [2.05, 4.69) is 5.32 Å². The van der Waals surface area contributed by atoms with Crippen molar-refractivity contribution < 1.29 is 9.59 Å². The fourth-order valence-corrected chi connectivity index (χ4v) is 2.34. The standard InChI is InChI=1S/C13H16N2O2/c1-4-15-12-8(2)6-5-7-10(12)11(13(15)17)14-9(3)16/h5-7,11H,4H2,1-3H3,(H,14,16)/t11-/m1/s1. The second kappa shape index (κ2) is 4.20. The van der Waals surface area contributed by atoms with E-state index < -0.39 is 6.04 Å². The van der Waals surface area contributed by atoms with E-state index in [9.17, 15) is 9.59 Å². The summed E-state index contributed by atoms with van der Waals surface area (Å²) in [5.74, 6) is -0.235. The zero-order valence-electron chi connectivity index (χ0n) is 10.3. The van der Waals surface area contributed by atoms with Gasteiger partial charge in [-0.1, -0.05) is 18.2 Å². The summed E-state index contributed by atoms with van der Waals surface area (Å²) in [4.78, 5) is 25.1. The molecule has 0 saturated carbocycles. The summed E-state index contributed by atoms with van der Waals surface area (Å²) >= 11 is 0. The number of fused-ring (bicyclic) bond motifs is 1. The number of anilines is 1. The minimum atomic E-state index is -0.526. The van der Waals surface area contributed by atoms with Gasteiger partial charge in [-0.05, 0) is 19.4 Å². The van der Waals surface area contributed by atoms with Crippen LogP contribution in [0.4, 0.5) is 5.69 Å². The minimum Gasteiger partial charge on any atom is -0.341 e. The van der Waals surface area contributed by atoms with Crippen LogP contribution in [0.15, 0.2) is 18.2 Å². The fraction of sp³-hybridized carbons (Fsp3) is 0.385. The molecule has 0 radical (unpaired) electrons. The van der Waals surface area contributed by atoms with Gasteiger partial charge in [0.15, 0.2) is 0 Å². The zero-order chi connectivity index (χ0) is 12.6. The van der Waals surface area contributed by atoms with Crippen LogP contribution >= 0.6 is 0 Å². The number of rotatable bonds is 2. The number of benzene rings is 1. The first kappa shape index (κ1) is 11.6. The lowest BCUT2D eigenvalue weighted by Crippen LogP contribution is -2.36. The molecular formula is C13H16N2O2. The molecule has 1 aliphatic heterocycles. The topological polar surface area (TPSA) is 49.4 Å². The van der Waals surface area contributed by atoms with Crippen LogP contribution in [0.5, 0.6) is 0 Å². The van der Waals surface area contributed by atoms with Gasteiger partial charge in [-0.3, -0.25) is 9.59 Å². The van der Waals surface area contributed by atoms with Crippen LogP contribution in [-0.4, -0.2) is 18.4 Å². The van der Waals surface area contributed by atoms with Gasteiger partial charge in [0.2, 0.25) is 5.91 Å². The van der Waals surface area contributed by atoms with Gasteiger partial charge in [-0.15, -0.1) is 0 Å². The molecule has 1 aromatic rings. The molecule has 0 bridgehead atoms. The van der Waals surface area contributed by atoms with E-state index in [0.29, 0.717) is 6.54 Å². The van der Waals surface area contributed by atoms with Gasteiger partial charge in [-0.2, -0.15) is 0 Å². The third-order valence-electron chi connectivity index (χ3n) is 3.03. The predicted octanol–water partition coefficient (Wildman–Crippen LogP) is 1.54. The van der Waals surface area contributed by atoms with Crippen LogP contribution in [-0.2, 0) is 9.59 Å². The molecule has 0 aromatic heterocycles. The average Bonchev–Trinajstić information content (AvgIpc) is 2.53. The molecule has 1 atom stereocenters. The Morgan fingerprint density at radius 1 is 1.47 bits per heavy atom. The lowest BCUT2D eigenvalue weighted by atomic mass is 10.1.